The van der Waals surface area contributed by atoms with Crippen molar-refractivity contribution in [1.82, 2.24) is 0 Å². The predicted octanol–water partition coefficient (Wildman–Crippen LogP) is 4.18. The van der Waals surface area contributed by atoms with Crippen LogP contribution in [0.2, 0.25) is 5.02 Å². The van der Waals surface area contributed by atoms with E-state index in [1.807, 2.05) is 0 Å². The molecule has 0 aliphatic carbocycles. The van der Waals surface area contributed by atoms with Gasteiger partial charge in [-0.25, -0.2) is 8.42 Å². The number of nitrogens with one attached hydrogen (secondary N) is 1. The Labute approximate surface area is 138 Å². The third-order valence-electron chi connectivity index (χ3n) is 2.54. The molecule has 6 nitrogen and oxygen atoms in total. The summed E-state index contributed by atoms with van der Waals surface area (Å²) in [6.07, 6.45) is 0. The molecule has 0 spiro atoms. The van der Waals surface area contributed by atoms with Gasteiger partial charge in [-0.05, 0) is 35.0 Å². The second kappa shape index (κ2) is 5.91. The SMILES string of the molecule is Cc1sc(Br)cc1S(=O)(=O)Nc1ccc([N+](=O)[O-])cc1Cl. The third kappa shape index (κ3) is 3.54. The van der Waals surface area contributed by atoms with Gasteiger partial charge >= 0.3 is 0 Å². The van der Waals surface area contributed by atoms with Gasteiger partial charge in [0.05, 0.1) is 19.4 Å². The smallest absolute Gasteiger partial charge is 0.271 e. The number of hydrogen-bond donors (Lipinski definition) is 1. The average molecular weight is 412 g/mol. The molecule has 2 rings (SSSR count). The molecule has 0 fully saturated rings. The first-order chi connectivity index (χ1) is 9.70. The Morgan fingerprint density at radius 1 is 1.38 bits per heavy atom. The topological polar surface area (TPSA) is 89.3 Å². The summed E-state index contributed by atoms with van der Waals surface area (Å²) in [6.45, 7) is 1.68. The highest BCUT2D eigenvalue weighted by Crippen LogP contribution is 2.33. The number of hydrogen-bond acceptors (Lipinski definition) is 5. The number of rotatable bonds is 4. The molecule has 0 unspecified atom stereocenters. The number of nitro groups is 1. The van der Waals surface area contributed by atoms with E-state index in [4.69, 9.17) is 11.6 Å². The van der Waals surface area contributed by atoms with Crippen molar-refractivity contribution in [2.45, 2.75) is 11.8 Å². The summed E-state index contributed by atoms with van der Waals surface area (Å²) < 4.78 is 27.6. The van der Waals surface area contributed by atoms with Crippen LogP contribution in [0.4, 0.5) is 11.4 Å². The van der Waals surface area contributed by atoms with Crippen molar-refractivity contribution in [3.63, 3.8) is 0 Å². The number of sulfonamides is 1. The number of nitrogens with zero attached hydrogens (tertiary/aromatic N) is 1. The van der Waals surface area contributed by atoms with Gasteiger partial charge in [0, 0.05) is 17.0 Å². The molecule has 0 aliphatic rings. The zero-order valence-corrected chi connectivity index (χ0v) is 14.4. The summed E-state index contributed by atoms with van der Waals surface area (Å²) in [5.41, 5.74) is -0.124. The summed E-state index contributed by atoms with van der Waals surface area (Å²) in [4.78, 5) is 10.8. The maximum Gasteiger partial charge on any atom is 0.271 e. The van der Waals surface area contributed by atoms with Crippen molar-refractivity contribution in [1.29, 1.82) is 0 Å². The lowest BCUT2D eigenvalue weighted by Gasteiger charge is -2.09. The largest absolute Gasteiger partial charge is 0.278 e. The fourth-order valence-electron chi connectivity index (χ4n) is 1.60. The van der Waals surface area contributed by atoms with Gasteiger partial charge in [-0.15, -0.1) is 11.3 Å². The van der Waals surface area contributed by atoms with Crippen LogP contribution in [0.25, 0.3) is 0 Å². The van der Waals surface area contributed by atoms with E-state index in [0.717, 1.165) is 6.07 Å². The molecule has 21 heavy (non-hydrogen) atoms. The molecular weight excluding hydrogens is 404 g/mol. The number of halogens is 2. The fraction of sp³-hybridized carbons (Fsp3) is 0.0909. The highest BCUT2D eigenvalue weighted by molar-refractivity contribution is 9.11. The fourth-order valence-corrected chi connectivity index (χ4v) is 5.37. The number of non-ortho nitro benzene ring substituents is 1. The number of benzene rings is 1. The van der Waals surface area contributed by atoms with E-state index in [2.05, 4.69) is 20.7 Å². The number of anilines is 1. The van der Waals surface area contributed by atoms with Gasteiger partial charge in [-0.1, -0.05) is 11.6 Å². The van der Waals surface area contributed by atoms with Crippen LogP contribution in [0.5, 0.6) is 0 Å². The summed E-state index contributed by atoms with van der Waals surface area (Å²) in [7, 11) is -3.80. The van der Waals surface area contributed by atoms with E-state index in [1.54, 1.807) is 6.92 Å². The normalized spacial score (nSPS) is 11.4. The van der Waals surface area contributed by atoms with Gasteiger partial charge in [0.1, 0.15) is 4.90 Å². The van der Waals surface area contributed by atoms with Gasteiger partial charge < -0.3 is 0 Å². The predicted molar refractivity (Wildman–Crippen MR) is 85.7 cm³/mol. The minimum atomic E-state index is -3.80. The van der Waals surface area contributed by atoms with Gasteiger partial charge in [0.2, 0.25) is 0 Å². The monoisotopic (exact) mass is 410 g/mol. The van der Waals surface area contributed by atoms with Crippen LogP contribution in [0.3, 0.4) is 0 Å². The van der Waals surface area contributed by atoms with Crippen molar-refractivity contribution in [2.24, 2.45) is 0 Å². The molecule has 1 aromatic carbocycles. The lowest BCUT2D eigenvalue weighted by atomic mass is 10.3. The summed E-state index contributed by atoms with van der Waals surface area (Å²) in [5, 5.41) is 10.6. The molecule has 112 valence electrons. The first kappa shape index (κ1) is 16.2. The number of thiophene rings is 1. The van der Waals surface area contributed by atoms with Crippen LogP contribution in [-0.2, 0) is 10.0 Å². The second-order valence-corrected chi connectivity index (χ2v) is 8.69. The lowest BCUT2D eigenvalue weighted by molar-refractivity contribution is -0.384. The minimum absolute atomic E-state index is 0.0419. The van der Waals surface area contributed by atoms with Crippen molar-refractivity contribution in [3.8, 4) is 0 Å². The van der Waals surface area contributed by atoms with Crippen LogP contribution < -0.4 is 4.72 Å². The van der Waals surface area contributed by atoms with Crippen molar-refractivity contribution < 1.29 is 13.3 Å². The Balaban J connectivity index is 2.37. The van der Waals surface area contributed by atoms with Crippen molar-refractivity contribution >= 4 is 60.3 Å². The summed E-state index contributed by atoms with van der Waals surface area (Å²) in [5.74, 6) is 0. The van der Waals surface area contributed by atoms with Crippen molar-refractivity contribution in [3.05, 3.63) is 48.1 Å². The molecule has 0 bridgehead atoms. The average Bonchev–Trinajstić information content (AvgIpc) is 2.71. The van der Waals surface area contributed by atoms with Crippen LogP contribution in [0.1, 0.15) is 4.88 Å². The zero-order valence-electron chi connectivity index (χ0n) is 10.5. The van der Waals surface area contributed by atoms with E-state index in [9.17, 15) is 18.5 Å². The molecule has 10 heteroatoms. The molecule has 0 aliphatic heterocycles. The molecular formula is C11H8BrClN2O4S2. The third-order valence-corrected chi connectivity index (χ3v) is 6.03. The standard InChI is InChI=1S/C11H8BrClN2O4S2/c1-6-10(5-11(12)20-6)21(18,19)14-9-3-2-7(15(16)17)4-8(9)13/h2-5,14H,1H3. The molecule has 1 N–H and O–H groups in total. The van der Waals surface area contributed by atoms with Crippen LogP contribution in [0.15, 0.2) is 32.9 Å². The highest BCUT2D eigenvalue weighted by Gasteiger charge is 2.21. The Bertz CT molecular complexity index is 820. The van der Waals surface area contributed by atoms with Gasteiger partial charge in [0.15, 0.2) is 0 Å². The van der Waals surface area contributed by atoms with E-state index in [-0.39, 0.29) is 21.3 Å². The zero-order chi connectivity index (χ0) is 15.8. The molecule has 0 saturated carbocycles. The molecule has 0 radical (unpaired) electrons. The van der Waals surface area contributed by atoms with Gasteiger partial charge in [-0.3, -0.25) is 14.8 Å². The summed E-state index contributed by atoms with van der Waals surface area (Å²) >= 11 is 10.4. The van der Waals surface area contributed by atoms with Gasteiger partial charge in [-0.2, -0.15) is 0 Å². The van der Waals surface area contributed by atoms with Crippen molar-refractivity contribution in [2.75, 3.05) is 4.72 Å². The highest BCUT2D eigenvalue weighted by atomic mass is 79.9. The second-order valence-electron chi connectivity index (χ2n) is 4.00. The molecule has 0 amide bonds. The molecule has 2 aromatic rings. The number of aryl methyl sites for hydroxylation is 1. The molecule has 1 heterocycles. The molecule has 0 saturated heterocycles. The first-order valence-electron chi connectivity index (χ1n) is 5.43. The molecule has 0 atom stereocenters. The van der Waals surface area contributed by atoms with Crippen LogP contribution in [-0.4, -0.2) is 13.3 Å². The maximum absolute atomic E-state index is 12.3. The van der Waals surface area contributed by atoms with E-state index < -0.39 is 14.9 Å². The number of nitro benzene ring substituents is 1. The Kier molecular flexibility index (Phi) is 4.57. The Hall–Kier alpha value is -1.16. The van der Waals surface area contributed by atoms with Crippen LogP contribution in [0, 0.1) is 17.0 Å². The lowest BCUT2D eigenvalue weighted by Crippen LogP contribution is -2.13. The maximum atomic E-state index is 12.3. The van der Waals surface area contributed by atoms with E-state index in [1.165, 1.54) is 29.5 Å². The first-order valence-corrected chi connectivity index (χ1v) is 8.90. The quantitative estimate of drug-likeness (QED) is 0.603. The summed E-state index contributed by atoms with van der Waals surface area (Å²) in [6, 6.07) is 5.02. The van der Waals surface area contributed by atoms with Gasteiger partial charge in [0.25, 0.3) is 15.7 Å². The van der Waals surface area contributed by atoms with Crippen LogP contribution >= 0.6 is 38.9 Å². The Morgan fingerprint density at radius 3 is 2.52 bits per heavy atom. The Morgan fingerprint density at radius 2 is 2.05 bits per heavy atom. The van der Waals surface area contributed by atoms with E-state index >= 15 is 0 Å². The minimum Gasteiger partial charge on any atom is -0.278 e. The molecule has 1 aromatic heterocycles. The van der Waals surface area contributed by atoms with E-state index in [0.29, 0.717) is 8.66 Å².